The van der Waals surface area contributed by atoms with Gasteiger partial charge in [-0.15, -0.1) is 0 Å². The molecular formula is C14H18ClNO3. The van der Waals surface area contributed by atoms with Gasteiger partial charge in [-0.1, -0.05) is 29.8 Å². The monoisotopic (exact) mass is 283 g/mol. The van der Waals surface area contributed by atoms with Crippen molar-refractivity contribution in [3.8, 4) is 0 Å². The normalized spacial score (nSPS) is 12.6. The van der Waals surface area contributed by atoms with E-state index in [0.29, 0.717) is 10.6 Å². The minimum absolute atomic E-state index is 0.155. The molecule has 1 atom stereocenters. The first-order valence-electron chi connectivity index (χ1n) is 6.00. The SMILES string of the molecule is CC(C)(C)OC(=O)NCC(C=O)c1ccccc1Cl. The van der Waals surface area contributed by atoms with Crippen LogP contribution in [0.2, 0.25) is 5.02 Å². The molecule has 1 amide bonds. The molecule has 0 bridgehead atoms. The maximum absolute atomic E-state index is 11.5. The van der Waals surface area contributed by atoms with Crippen LogP contribution in [0.25, 0.3) is 0 Å². The van der Waals surface area contributed by atoms with Crippen molar-refractivity contribution in [1.29, 1.82) is 0 Å². The van der Waals surface area contributed by atoms with Crippen LogP contribution < -0.4 is 5.32 Å². The van der Waals surface area contributed by atoms with Gasteiger partial charge in [-0.05, 0) is 32.4 Å². The summed E-state index contributed by atoms with van der Waals surface area (Å²) in [6, 6.07) is 7.05. The van der Waals surface area contributed by atoms with E-state index in [9.17, 15) is 9.59 Å². The summed E-state index contributed by atoms with van der Waals surface area (Å²) < 4.78 is 5.10. The van der Waals surface area contributed by atoms with Gasteiger partial charge in [-0.25, -0.2) is 4.79 Å². The summed E-state index contributed by atoms with van der Waals surface area (Å²) in [4.78, 5) is 22.6. The van der Waals surface area contributed by atoms with E-state index in [1.165, 1.54) is 0 Å². The Morgan fingerprint density at radius 1 is 1.42 bits per heavy atom. The third-order valence-electron chi connectivity index (χ3n) is 2.33. The molecule has 0 saturated carbocycles. The van der Waals surface area contributed by atoms with E-state index in [4.69, 9.17) is 16.3 Å². The number of rotatable bonds is 4. The summed E-state index contributed by atoms with van der Waals surface area (Å²) in [6.07, 6.45) is 0.213. The van der Waals surface area contributed by atoms with Gasteiger partial charge in [-0.2, -0.15) is 0 Å². The Morgan fingerprint density at radius 3 is 2.58 bits per heavy atom. The lowest BCUT2D eigenvalue weighted by atomic mass is 10.0. The summed E-state index contributed by atoms with van der Waals surface area (Å²) in [5, 5.41) is 3.07. The van der Waals surface area contributed by atoms with Crippen molar-refractivity contribution >= 4 is 24.0 Å². The van der Waals surface area contributed by atoms with Crippen molar-refractivity contribution in [1.82, 2.24) is 5.32 Å². The van der Waals surface area contributed by atoms with Crippen LogP contribution in [0.15, 0.2) is 24.3 Å². The zero-order valence-corrected chi connectivity index (χ0v) is 12.0. The topological polar surface area (TPSA) is 55.4 Å². The number of halogens is 1. The first-order chi connectivity index (χ1) is 8.83. The van der Waals surface area contributed by atoms with Crippen LogP contribution in [0.3, 0.4) is 0 Å². The molecular weight excluding hydrogens is 266 g/mol. The Morgan fingerprint density at radius 2 is 2.05 bits per heavy atom. The van der Waals surface area contributed by atoms with E-state index in [0.717, 1.165) is 6.29 Å². The molecule has 19 heavy (non-hydrogen) atoms. The Hall–Kier alpha value is -1.55. The average molecular weight is 284 g/mol. The predicted molar refractivity (Wildman–Crippen MR) is 74.5 cm³/mol. The van der Waals surface area contributed by atoms with Crippen molar-refractivity contribution in [2.75, 3.05) is 6.54 Å². The van der Waals surface area contributed by atoms with E-state index >= 15 is 0 Å². The standard InChI is InChI=1S/C14H18ClNO3/c1-14(2,3)19-13(18)16-8-10(9-17)11-6-4-5-7-12(11)15/h4-7,9-10H,8H2,1-3H3,(H,16,18). The van der Waals surface area contributed by atoms with E-state index in [1.807, 2.05) is 0 Å². The summed E-state index contributed by atoms with van der Waals surface area (Å²) >= 11 is 6.02. The molecule has 5 heteroatoms. The number of carbonyl (C=O) groups excluding carboxylic acids is 2. The van der Waals surface area contributed by atoms with Crippen molar-refractivity contribution in [3.63, 3.8) is 0 Å². The molecule has 0 heterocycles. The highest BCUT2D eigenvalue weighted by Crippen LogP contribution is 2.22. The number of ether oxygens (including phenoxy) is 1. The van der Waals surface area contributed by atoms with Gasteiger partial charge in [0.1, 0.15) is 11.9 Å². The zero-order chi connectivity index (χ0) is 14.5. The van der Waals surface area contributed by atoms with Gasteiger partial charge in [0.2, 0.25) is 0 Å². The highest BCUT2D eigenvalue weighted by atomic mass is 35.5. The molecule has 0 aromatic heterocycles. The molecule has 0 radical (unpaired) electrons. The number of hydrogen-bond acceptors (Lipinski definition) is 3. The molecule has 0 fully saturated rings. The van der Waals surface area contributed by atoms with E-state index < -0.39 is 17.6 Å². The molecule has 0 saturated heterocycles. The fraction of sp³-hybridized carbons (Fsp3) is 0.429. The first-order valence-corrected chi connectivity index (χ1v) is 6.38. The molecule has 1 unspecified atom stereocenters. The van der Waals surface area contributed by atoms with E-state index in [1.54, 1.807) is 45.0 Å². The number of alkyl carbamates (subject to hydrolysis) is 1. The molecule has 1 aromatic rings. The van der Waals surface area contributed by atoms with Crippen molar-refractivity contribution < 1.29 is 14.3 Å². The molecule has 0 aliphatic carbocycles. The highest BCUT2D eigenvalue weighted by Gasteiger charge is 2.19. The summed E-state index contributed by atoms with van der Waals surface area (Å²) in [5.41, 5.74) is 0.126. The van der Waals surface area contributed by atoms with E-state index in [2.05, 4.69) is 5.32 Å². The molecule has 104 valence electrons. The Balaban J connectivity index is 2.62. The quantitative estimate of drug-likeness (QED) is 0.864. The van der Waals surface area contributed by atoms with Crippen LogP contribution >= 0.6 is 11.6 Å². The van der Waals surface area contributed by atoms with Gasteiger partial charge in [0.05, 0.1) is 5.92 Å². The van der Waals surface area contributed by atoms with Gasteiger partial charge >= 0.3 is 6.09 Å². The van der Waals surface area contributed by atoms with Crippen LogP contribution in [0.1, 0.15) is 32.3 Å². The Bertz CT molecular complexity index is 454. The number of hydrogen-bond donors (Lipinski definition) is 1. The summed E-state index contributed by atoms with van der Waals surface area (Å²) in [7, 11) is 0. The van der Waals surface area contributed by atoms with Gasteiger partial charge < -0.3 is 14.8 Å². The predicted octanol–water partition coefficient (Wildman–Crippen LogP) is 3.15. The summed E-state index contributed by atoms with van der Waals surface area (Å²) in [5.74, 6) is -0.485. The first kappa shape index (κ1) is 15.5. The van der Waals surface area contributed by atoms with Gasteiger partial charge in [-0.3, -0.25) is 0 Å². The Labute approximate surface area is 118 Å². The van der Waals surface area contributed by atoms with Gasteiger partial charge in [0, 0.05) is 11.6 Å². The van der Waals surface area contributed by atoms with Gasteiger partial charge in [0.25, 0.3) is 0 Å². The average Bonchev–Trinajstić information content (AvgIpc) is 2.29. The second-order valence-electron chi connectivity index (χ2n) is 5.15. The van der Waals surface area contributed by atoms with E-state index in [-0.39, 0.29) is 6.54 Å². The lowest BCUT2D eigenvalue weighted by molar-refractivity contribution is -0.109. The number of nitrogens with one attached hydrogen (secondary N) is 1. The van der Waals surface area contributed by atoms with Crippen LogP contribution in [0, 0.1) is 0 Å². The third kappa shape index (κ3) is 5.30. The molecule has 0 aliphatic rings. The lowest BCUT2D eigenvalue weighted by Crippen LogP contribution is -2.35. The van der Waals surface area contributed by atoms with Crippen LogP contribution in [-0.2, 0) is 9.53 Å². The molecule has 1 rings (SSSR count). The van der Waals surface area contributed by atoms with Crippen LogP contribution in [-0.4, -0.2) is 24.5 Å². The largest absolute Gasteiger partial charge is 0.444 e. The number of amides is 1. The van der Waals surface area contributed by atoms with Crippen molar-refractivity contribution in [2.45, 2.75) is 32.3 Å². The smallest absolute Gasteiger partial charge is 0.407 e. The second-order valence-corrected chi connectivity index (χ2v) is 5.55. The third-order valence-corrected chi connectivity index (χ3v) is 2.68. The molecule has 1 aromatic carbocycles. The maximum Gasteiger partial charge on any atom is 0.407 e. The highest BCUT2D eigenvalue weighted by molar-refractivity contribution is 6.31. The molecule has 0 aliphatic heterocycles. The Kier molecular flexibility index (Phi) is 5.36. The number of benzene rings is 1. The molecule has 0 spiro atoms. The van der Waals surface area contributed by atoms with Crippen LogP contribution in [0.4, 0.5) is 4.79 Å². The minimum atomic E-state index is -0.564. The van der Waals surface area contributed by atoms with Crippen LogP contribution in [0.5, 0.6) is 0 Å². The van der Waals surface area contributed by atoms with Crippen molar-refractivity contribution in [3.05, 3.63) is 34.9 Å². The zero-order valence-electron chi connectivity index (χ0n) is 11.3. The number of aldehydes is 1. The lowest BCUT2D eigenvalue weighted by Gasteiger charge is -2.20. The molecule has 1 N–H and O–H groups in total. The fourth-order valence-electron chi connectivity index (χ4n) is 1.51. The minimum Gasteiger partial charge on any atom is -0.444 e. The second kappa shape index (κ2) is 6.57. The van der Waals surface area contributed by atoms with Crippen molar-refractivity contribution in [2.24, 2.45) is 0 Å². The van der Waals surface area contributed by atoms with Gasteiger partial charge in [0.15, 0.2) is 0 Å². The summed E-state index contributed by atoms with van der Waals surface area (Å²) in [6.45, 7) is 5.48. The number of carbonyl (C=O) groups is 2. The maximum atomic E-state index is 11.5. The molecule has 4 nitrogen and oxygen atoms in total. The fourth-order valence-corrected chi connectivity index (χ4v) is 1.79.